The van der Waals surface area contributed by atoms with Crippen molar-refractivity contribution in [3.8, 4) is 0 Å². The van der Waals surface area contributed by atoms with Gasteiger partial charge in [-0.05, 0) is 33.2 Å². The highest BCUT2D eigenvalue weighted by atomic mass is 16.3. The van der Waals surface area contributed by atoms with E-state index in [1.54, 1.807) is 0 Å². The molecule has 0 rings (SSSR count). The SMILES string of the molecule is CCC(C)N(C)CC(O)(CC)CC. The molecule has 2 heteroatoms. The highest BCUT2D eigenvalue weighted by molar-refractivity contribution is 4.79. The maximum absolute atomic E-state index is 10.1. The smallest absolute Gasteiger partial charge is 0.0768 e. The fraction of sp³-hybridized carbons (Fsp3) is 1.00. The zero-order valence-corrected chi connectivity index (χ0v) is 9.80. The summed E-state index contributed by atoms with van der Waals surface area (Å²) in [5, 5.41) is 10.1. The molecule has 1 atom stereocenters. The number of hydrogen-bond donors (Lipinski definition) is 1. The Balaban J connectivity index is 4.08. The van der Waals surface area contributed by atoms with Gasteiger partial charge >= 0.3 is 0 Å². The van der Waals surface area contributed by atoms with Crippen molar-refractivity contribution in [2.45, 2.75) is 58.6 Å². The molecule has 0 radical (unpaired) electrons. The van der Waals surface area contributed by atoms with E-state index in [2.05, 4.69) is 25.8 Å². The maximum atomic E-state index is 10.1. The second-order valence-electron chi connectivity index (χ2n) is 4.10. The largest absolute Gasteiger partial charge is 0.389 e. The van der Waals surface area contributed by atoms with Crippen molar-refractivity contribution in [3.63, 3.8) is 0 Å². The normalized spacial score (nSPS) is 15.0. The van der Waals surface area contributed by atoms with Crippen molar-refractivity contribution in [1.29, 1.82) is 0 Å². The fourth-order valence-corrected chi connectivity index (χ4v) is 1.41. The second kappa shape index (κ2) is 5.61. The van der Waals surface area contributed by atoms with Crippen molar-refractivity contribution < 1.29 is 5.11 Å². The zero-order valence-electron chi connectivity index (χ0n) is 9.80. The zero-order chi connectivity index (χ0) is 10.5. The predicted molar refractivity (Wildman–Crippen MR) is 57.9 cm³/mol. The van der Waals surface area contributed by atoms with Gasteiger partial charge in [-0.2, -0.15) is 0 Å². The lowest BCUT2D eigenvalue weighted by atomic mass is 9.96. The summed E-state index contributed by atoms with van der Waals surface area (Å²) in [6.07, 6.45) is 2.81. The number of aliphatic hydroxyl groups is 1. The van der Waals surface area contributed by atoms with Crippen molar-refractivity contribution in [3.05, 3.63) is 0 Å². The summed E-state index contributed by atoms with van der Waals surface area (Å²) in [7, 11) is 2.09. The summed E-state index contributed by atoms with van der Waals surface area (Å²) in [5.41, 5.74) is -0.488. The summed E-state index contributed by atoms with van der Waals surface area (Å²) in [6.45, 7) is 9.26. The van der Waals surface area contributed by atoms with Crippen LogP contribution in [0.15, 0.2) is 0 Å². The molecule has 0 aliphatic heterocycles. The van der Waals surface area contributed by atoms with Crippen LogP contribution < -0.4 is 0 Å². The second-order valence-corrected chi connectivity index (χ2v) is 4.10. The molecule has 0 amide bonds. The predicted octanol–water partition coefficient (Wildman–Crippen LogP) is 2.27. The molecule has 0 bridgehead atoms. The lowest BCUT2D eigenvalue weighted by Gasteiger charge is -2.33. The first kappa shape index (κ1) is 12.9. The van der Waals surface area contributed by atoms with E-state index in [-0.39, 0.29) is 0 Å². The standard InChI is InChI=1S/C11H25NO/c1-6-10(4)12(5)9-11(13,7-2)8-3/h10,13H,6-9H2,1-5H3. The van der Waals surface area contributed by atoms with E-state index < -0.39 is 5.60 Å². The van der Waals surface area contributed by atoms with Crippen LogP contribution in [0, 0.1) is 0 Å². The van der Waals surface area contributed by atoms with Crippen LogP contribution in [0.25, 0.3) is 0 Å². The summed E-state index contributed by atoms with van der Waals surface area (Å²) in [4.78, 5) is 2.24. The Morgan fingerprint density at radius 3 is 2.00 bits per heavy atom. The fourth-order valence-electron chi connectivity index (χ4n) is 1.41. The molecule has 0 heterocycles. The van der Waals surface area contributed by atoms with Crippen molar-refractivity contribution >= 4 is 0 Å². The third-order valence-corrected chi connectivity index (χ3v) is 3.20. The minimum Gasteiger partial charge on any atom is -0.389 e. The van der Waals surface area contributed by atoms with Gasteiger partial charge in [0, 0.05) is 12.6 Å². The molecule has 0 aromatic rings. The highest BCUT2D eigenvalue weighted by Crippen LogP contribution is 2.17. The van der Waals surface area contributed by atoms with Gasteiger partial charge in [-0.3, -0.25) is 0 Å². The Morgan fingerprint density at radius 1 is 1.23 bits per heavy atom. The first-order valence-electron chi connectivity index (χ1n) is 5.41. The van der Waals surface area contributed by atoms with Crippen molar-refractivity contribution in [2.24, 2.45) is 0 Å². The minimum atomic E-state index is -0.488. The van der Waals surface area contributed by atoms with Crippen LogP contribution >= 0.6 is 0 Å². The average Bonchev–Trinajstić information content (AvgIpc) is 2.16. The van der Waals surface area contributed by atoms with Gasteiger partial charge in [-0.25, -0.2) is 0 Å². The van der Waals surface area contributed by atoms with Crippen LogP contribution in [0.4, 0.5) is 0 Å². The topological polar surface area (TPSA) is 23.5 Å². The Labute approximate surface area is 82.9 Å². The van der Waals surface area contributed by atoms with Crippen molar-refractivity contribution in [1.82, 2.24) is 4.90 Å². The molecule has 0 saturated carbocycles. The van der Waals surface area contributed by atoms with Gasteiger partial charge in [-0.1, -0.05) is 20.8 Å². The Hall–Kier alpha value is -0.0800. The van der Waals surface area contributed by atoms with Crippen LogP contribution in [0.2, 0.25) is 0 Å². The molecule has 0 aliphatic rings. The first-order valence-corrected chi connectivity index (χ1v) is 5.41. The molecular formula is C11H25NO. The molecule has 80 valence electrons. The minimum absolute atomic E-state index is 0.488. The summed E-state index contributed by atoms with van der Waals surface area (Å²) in [6, 6.07) is 0.560. The van der Waals surface area contributed by atoms with E-state index in [0.29, 0.717) is 6.04 Å². The van der Waals surface area contributed by atoms with Crippen molar-refractivity contribution in [2.75, 3.05) is 13.6 Å². The summed E-state index contributed by atoms with van der Waals surface area (Å²) >= 11 is 0. The van der Waals surface area contributed by atoms with Gasteiger partial charge in [0.15, 0.2) is 0 Å². The molecule has 1 unspecified atom stereocenters. The monoisotopic (exact) mass is 187 g/mol. The van der Waals surface area contributed by atoms with E-state index >= 15 is 0 Å². The van der Waals surface area contributed by atoms with Gasteiger partial charge < -0.3 is 10.0 Å². The third-order valence-electron chi connectivity index (χ3n) is 3.20. The molecule has 0 saturated heterocycles. The van der Waals surface area contributed by atoms with Crippen LogP contribution in [-0.2, 0) is 0 Å². The summed E-state index contributed by atoms with van der Waals surface area (Å²) in [5.74, 6) is 0. The molecule has 2 nitrogen and oxygen atoms in total. The number of hydrogen-bond acceptors (Lipinski definition) is 2. The molecule has 0 spiro atoms. The molecule has 1 N–H and O–H groups in total. The third kappa shape index (κ3) is 4.10. The van der Waals surface area contributed by atoms with Crippen LogP contribution in [0.1, 0.15) is 47.0 Å². The van der Waals surface area contributed by atoms with Gasteiger partial charge in [0.25, 0.3) is 0 Å². The average molecular weight is 187 g/mol. The molecule has 0 aromatic heterocycles. The molecule has 0 aliphatic carbocycles. The molecule has 13 heavy (non-hydrogen) atoms. The van der Waals surface area contributed by atoms with Crippen LogP contribution in [-0.4, -0.2) is 35.2 Å². The quantitative estimate of drug-likeness (QED) is 0.689. The lowest BCUT2D eigenvalue weighted by Crippen LogP contribution is -2.43. The van der Waals surface area contributed by atoms with E-state index in [9.17, 15) is 5.11 Å². The molecular weight excluding hydrogens is 162 g/mol. The highest BCUT2D eigenvalue weighted by Gasteiger charge is 2.25. The Kier molecular flexibility index (Phi) is 5.57. The molecule has 0 aromatic carbocycles. The van der Waals surface area contributed by atoms with Gasteiger partial charge in [0.05, 0.1) is 5.60 Å². The summed E-state index contributed by atoms with van der Waals surface area (Å²) < 4.78 is 0. The van der Waals surface area contributed by atoms with E-state index in [4.69, 9.17) is 0 Å². The van der Waals surface area contributed by atoms with E-state index in [1.165, 1.54) is 0 Å². The molecule has 0 fully saturated rings. The lowest BCUT2D eigenvalue weighted by molar-refractivity contribution is -0.00563. The van der Waals surface area contributed by atoms with Gasteiger partial charge in [-0.15, -0.1) is 0 Å². The van der Waals surface area contributed by atoms with Gasteiger partial charge in [0.2, 0.25) is 0 Å². The number of rotatable bonds is 6. The number of likely N-dealkylation sites (N-methyl/N-ethyl adjacent to an activating group) is 1. The number of nitrogens with zero attached hydrogens (tertiary/aromatic N) is 1. The van der Waals surface area contributed by atoms with Crippen LogP contribution in [0.3, 0.4) is 0 Å². The van der Waals surface area contributed by atoms with E-state index in [1.807, 2.05) is 13.8 Å². The Morgan fingerprint density at radius 2 is 1.69 bits per heavy atom. The maximum Gasteiger partial charge on any atom is 0.0768 e. The Bertz CT molecular complexity index is 132. The first-order chi connectivity index (χ1) is 5.99. The van der Waals surface area contributed by atoms with Gasteiger partial charge in [0.1, 0.15) is 0 Å². The van der Waals surface area contributed by atoms with Crippen LogP contribution in [0.5, 0.6) is 0 Å². The van der Waals surface area contributed by atoms with E-state index in [0.717, 1.165) is 25.8 Å².